The number of rotatable bonds is 2. The highest BCUT2D eigenvalue weighted by Crippen LogP contribution is 2.18. The van der Waals surface area contributed by atoms with E-state index in [1.54, 1.807) is 12.1 Å². The normalized spacial score (nSPS) is 12.3. The standard InChI is InChI=1S/C11H13ClO/c1-8(2)7-11(13)9-3-5-10(12)6-4-9/h3-7,11,13H,1-2H3/t11-/m1/s1. The van der Waals surface area contributed by atoms with Gasteiger partial charge in [0, 0.05) is 5.02 Å². The van der Waals surface area contributed by atoms with Gasteiger partial charge in [0.15, 0.2) is 0 Å². The summed E-state index contributed by atoms with van der Waals surface area (Å²) < 4.78 is 0. The van der Waals surface area contributed by atoms with Crippen molar-refractivity contribution < 1.29 is 5.11 Å². The molecule has 70 valence electrons. The minimum Gasteiger partial charge on any atom is -0.384 e. The van der Waals surface area contributed by atoms with E-state index in [9.17, 15) is 5.11 Å². The fourth-order valence-corrected chi connectivity index (χ4v) is 1.20. The molecule has 13 heavy (non-hydrogen) atoms. The summed E-state index contributed by atoms with van der Waals surface area (Å²) in [5.74, 6) is 0. The van der Waals surface area contributed by atoms with Crippen LogP contribution < -0.4 is 0 Å². The molecule has 0 amide bonds. The van der Waals surface area contributed by atoms with Gasteiger partial charge < -0.3 is 5.11 Å². The minimum absolute atomic E-state index is 0.526. The van der Waals surface area contributed by atoms with Crippen LogP contribution in [-0.4, -0.2) is 5.11 Å². The Hall–Kier alpha value is -0.790. The molecule has 0 saturated heterocycles. The maximum Gasteiger partial charge on any atom is 0.0974 e. The van der Waals surface area contributed by atoms with Crippen molar-refractivity contribution in [2.24, 2.45) is 0 Å². The van der Waals surface area contributed by atoms with Crippen molar-refractivity contribution in [1.82, 2.24) is 0 Å². The van der Waals surface area contributed by atoms with Gasteiger partial charge >= 0.3 is 0 Å². The molecule has 0 saturated carbocycles. The average molecular weight is 197 g/mol. The lowest BCUT2D eigenvalue weighted by Crippen LogP contribution is -1.92. The highest BCUT2D eigenvalue weighted by Gasteiger charge is 2.02. The van der Waals surface area contributed by atoms with Gasteiger partial charge in [-0.1, -0.05) is 35.4 Å². The molecule has 0 aromatic heterocycles. The van der Waals surface area contributed by atoms with E-state index in [2.05, 4.69) is 0 Å². The van der Waals surface area contributed by atoms with Crippen molar-refractivity contribution >= 4 is 11.6 Å². The first-order chi connectivity index (χ1) is 6.09. The number of aliphatic hydroxyl groups excluding tert-OH is 1. The van der Waals surface area contributed by atoms with Crippen LogP contribution in [0.15, 0.2) is 35.9 Å². The lowest BCUT2D eigenvalue weighted by molar-refractivity contribution is 0.227. The van der Waals surface area contributed by atoms with E-state index < -0.39 is 6.10 Å². The summed E-state index contributed by atoms with van der Waals surface area (Å²) in [6.45, 7) is 3.91. The molecule has 0 fully saturated rings. The first-order valence-corrected chi connectivity index (χ1v) is 4.56. The van der Waals surface area contributed by atoms with E-state index in [1.165, 1.54) is 0 Å². The minimum atomic E-state index is -0.526. The zero-order valence-electron chi connectivity index (χ0n) is 7.79. The Balaban J connectivity index is 2.83. The van der Waals surface area contributed by atoms with Crippen LogP contribution in [-0.2, 0) is 0 Å². The van der Waals surface area contributed by atoms with Crippen molar-refractivity contribution in [3.63, 3.8) is 0 Å². The molecular weight excluding hydrogens is 184 g/mol. The first kappa shape index (κ1) is 10.3. The second-order valence-electron chi connectivity index (χ2n) is 3.24. The summed E-state index contributed by atoms with van der Waals surface area (Å²) in [7, 11) is 0. The van der Waals surface area contributed by atoms with Gasteiger partial charge in [0.25, 0.3) is 0 Å². The number of hydrogen-bond acceptors (Lipinski definition) is 1. The third-order valence-electron chi connectivity index (χ3n) is 1.70. The maximum atomic E-state index is 9.66. The Morgan fingerprint density at radius 2 is 1.85 bits per heavy atom. The van der Waals surface area contributed by atoms with Gasteiger partial charge in [-0.05, 0) is 31.5 Å². The fourth-order valence-electron chi connectivity index (χ4n) is 1.07. The van der Waals surface area contributed by atoms with Gasteiger partial charge in [-0.2, -0.15) is 0 Å². The Morgan fingerprint density at radius 1 is 1.31 bits per heavy atom. The predicted molar refractivity (Wildman–Crippen MR) is 55.8 cm³/mol. The van der Waals surface area contributed by atoms with Crippen LogP contribution in [0.1, 0.15) is 25.5 Å². The van der Waals surface area contributed by atoms with Crippen LogP contribution >= 0.6 is 11.6 Å². The number of halogens is 1. The maximum absolute atomic E-state index is 9.66. The zero-order valence-corrected chi connectivity index (χ0v) is 8.55. The van der Waals surface area contributed by atoms with E-state index in [-0.39, 0.29) is 0 Å². The molecule has 0 aliphatic heterocycles. The quantitative estimate of drug-likeness (QED) is 0.720. The molecule has 0 aliphatic rings. The van der Waals surface area contributed by atoms with Gasteiger partial charge in [-0.3, -0.25) is 0 Å². The smallest absolute Gasteiger partial charge is 0.0974 e. The zero-order chi connectivity index (χ0) is 9.84. The van der Waals surface area contributed by atoms with Crippen molar-refractivity contribution in [3.8, 4) is 0 Å². The predicted octanol–water partition coefficient (Wildman–Crippen LogP) is 3.34. The molecule has 0 radical (unpaired) electrons. The van der Waals surface area contributed by atoms with Gasteiger partial charge in [-0.15, -0.1) is 0 Å². The average Bonchev–Trinajstić information content (AvgIpc) is 2.04. The van der Waals surface area contributed by atoms with Crippen molar-refractivity contribution in [3.05, 3.63) is 46.5 Å². The Labute approximate surface area is 83.7 Å². The summed E-state index contributed by atoms with van der Waals surface area (Å²) in [5.41, 5.74) is 1.97. The van der Waals surface area contributed by atoms with Crippen molar-refractivity contribution in [2.45, 2.75) is 20.0 Å². The largest absolute Gasteiger partial charge is 0.384 e. The van der Waals surface area contributed by atoms with Crippen LogP contribution in [0.2, 0.25) is 5.02 Å². The molecule has 1 rings (SSSR count). The molecule has 1 atom stereocenters. The second kappa shape index (κ2) is 4.45. The molecule has 0 heterocycles. The van der Waals surface area contributed by atoms with Gasteiger partial charge in [-0.25, -0.2) is 0 Å². The molecule has 2 heteroatoms. The van der Waals surface area contributed by atoms with E-state index in [4.69, 9.17) is 11.6 Å². The molecule has 0 unspecified atom stereocenters. The van der Waals surface area contributed by atoms with Crippen LogP contribution in [0.3, 0.4) is 0 Å². The number of aliphatic hydroxyl groups is 1. The number of hydrogen-bond donors (Lipinski definition) is 1. The summed E-state index contributed by atoms with van der Waals surface area (Å²) >= 11 is 5.73. The molecule has 1 N–H and O–H groups in total. The highest BCUT2D eigenvalue weighted by atomic mass is 35.5. The molecule has 1 aromatic rings. The van der Waals surface area contributed by atoms with Crippen LogP contribution in [0.5, 0.6) is 0 Å². The van der Waals surface area contributed by atoms with E-state index >= 15 is 0 Å². The summed E-state index contributed by atoms with van der Waals surface area (Å²) in [5, 5.41) is 10.4. The SMILES string of the molecule is CC(C)=C[C@@H](O)c1ccc(Cl)cc1. The molecule has 1 nitrogen and oxygen atoms in total. The molecular formula is C11H13ClO. The monoisotopic (exact) mass is 196 g/mol. The van der Waals surface area contributed by atoms with Gasteiger partial charge in [0.05, 0.1) is 6.10 Å². The van der Waals surface area contributed by atoms with Crippen LogP contribution in [0.4, 0.5) is 0 Å². The Bertz CT molecular complexity index is 296. The molecule has 0 bridgehead atoms. The van der Waals surface area contributed by atoms with Crippen molar-refractivity contribution in [2.75, 3.05) is 0 Å². The molecule has 0 spiro atoms. The summed E-state index contributed by atoms with van der Waals surface area (Å²) in [6.07, 6.45) is 1.28. The third-order valence-corrected chi connectivity index (χ3v) is 1.95. The Kier molecular flexibility index (Phi) is 3.52. The van der Waals surface area contributed by atoms with Gasteiger partial charge in [0.1, 0.15) is 0 Å². The lowest BCUT2D eigenvalue weighted by atomic mass is 10.1. The van der Waals surface area contributed by atoms with Crippen LogP contribution in [0, 0.1) is 0 Å². The number of benzene rings is 1. The van der Waals surface area contributed by atoms with Gasteiger partial charge in [0.2, 0.25) is 0 Å². The Morgan fingerprint density at radius 3 is 2.31 bits per heavy atom. The highest BCUT2D eigenvalue weighted by molar-refractivity contribution is 6.30. The third kappa shape index (κ3) is 3.21. The van der Waals surface area contributed by atoms with Crippen LogP contribution in [0.25, 0.3) is 0 Å². The molecule has 1 aromatic carbocycles. The summed E-state index contributed by atoms with van der Waals surface area (Å²) in [6, 6.07) is 7.21. The van der Waals surface area contributed by atoms with E-state index in [1.807, 2.05) is 32.1 Å². The first-order valence-electron chi connectivity index (χ1n) is 4.18. The number of allylic oxidation sites excluding steroid dienone is 1. The molecule has 0 aliphatic carbocycles. The second-order valence-corrected chi connectivity index (χ2v) is 3.68. The van der Waals surface area contributed by atoms with E-state index in [0.717, 1.165) is 11.1 Å². The lowest BCUT2D eigenvalue weighted by Gasteiger charge is -2.06. The van der Waals surface area contributed by atoms with E-state index in [0.29, 0.717) is 5.02 Å². The summed E-state index contributed by atoms with van der Waals surface area (Å²) in [4.78, 5) is 0. The van der Waals surface area contributed by atoms with Crippen molar-refractivity contribution in [1.29, 1.82) is 0 Å². The topological polar surface area (TPSA) is 20.2 Å². The fraction of sp³-hybridized carbons (Fsp3) is 0.273.